The average molecular weight is 208 g/mol. The zero-order chi connectivity index (χ0) is 10.7. The lowest BCUT2D eigenvalue weighted by Gasteiger charge is -2.01. The Morgan fingerprint density at radius 3 is 3.13 bits per heavy atom. The van der Waals surface area contributed by atoms with Gasteiger partial charge in [0.15, 0.2) is 0 Å². The first-order valence-corrected chi connectivity index (χ1v) is 4.14. The molecule has 2 aromatic rings. The summed E-state index contributed by atoms with van der Waals surface area (Å²) in [4.78, 5) is 11.4. The predicted molar refractivity (Wildman–Crippen MR) is 47.6 cm³/mol. The second-order valence-corrected chi connectivity index (χ2v) is 2.82. The molecule has 0 saturated carbocycles. The lowest BCUT2D eigenvalue weighted by Crippen LogP contribution is -2.21. The number of tetrazole rings is 1. The summed E-state index contributed by atoms with van der Waals surface area (Å²) in [5.41, 5.74) is 0.804. The normalized spacial score (nSPS) is 10.2. The predicted octanol–water partition coefficient (Wildman–Crippen LogP) is -1.26. The van der Waals surface area contributed by atoms with Crippen molar-refractivity contribution in [3.8, 4) is 0 Å². The van der Waals surface area contributed by atoms with Crippen LogP contribution in [-0.2, 0) is 11.3 Å². The lowest BCUT2D eigenvalue weighted by atomic mass is 10.5. The Morgan fingerprint density at radius 1 is 1.67 bits per heavy atom. The van der Waals surface area contributed by atoms with Crippen LogP contribution in [0.15, 0.2) is 6.20 Å². The van der Waals surface area contributed by atoms with Crippen molar-refractivity contribution in [2.75, 3.05) is 5.32 Å². The number of nitrogens with one attached hydrogen (secondary N) is 2. The van der Waals surface area contributed by atoms with E-state index in [1.807, 2.05) is 6.92 Å². The number of hydrogen-bond donors (Lipinski definition) is 2. The van der Waals surface area contributed by atoms with Crippen LogP contribution in [0.25, 0.3) is 0 Å². The molecule has 2 aromatic heterocycles. The fourth-order valence-electron chi connectivity index (χ4n) is 0.980. The molecule has 0 spiro atoms. The maximum Gasteiger partial charge on any atom is 0.269 e. The number of aromatic nitrogens is 7. The molecule has 0 radical (unpaired) electrons. The van der Waals surface area contributed by atoms with Crippen LogP contribution in [0.5, 0.6) is 0 Å². The third-order valence-electron chi connectivity index (χ3n) is 1.70. The molecule has 0 saturated heterocycles. The molecule has 0 unspecified atom stereocenters. The highest BCUT2D eigenvalue weighted by Crippen LogP contribution is 1.95. The van der Waals surface area contributed by atoms with Crippen LogP contribution in [0.2, 0.25) is 0 Å². The monoisotopic (exact) mass is 208 g/mol. The highest BCUT2D eigenvalue weighted by Gasteiger charge is 2.08. The standard InChI is InChI=1S/C6H8N8O/c1-4-2-7-13-14(4)3-5(15)8-6-9-11-12-10-6/h2H,3H2,1H3,(H2,8,9,10,11,12,15). The van der Waals surface area contributed by atoms with E-state index in [-0.39, 0.29) is 18.4 Å². The van der Waals surface area contributed by atoms with Crippen molar-refractivity contribution in [2.24, 2.45) is 0 Å². The Hall–Kier alpha value is -2.32. The first-order valence-electron chi connectivity index (χ1n) is 4.14. The first kappa shape index (κ1) is 9.24. The van der Waals surface area contributed by atoms with Gasteiger partial charge in [0, 0.05) is 0 Å². The Morgan fingerprint density at radius 2 is 2.53 bits per heavy atom. The van der Waals surface area contributed by atoms with E-state index in [0.29, 0.717) is 0 Å². The van der Waals surface area contributed by atoms with Gasteiger partial charge in [-0.05, 0) is 12.1 Å². The van der Waals surface area contributed by atoms with Crippen molar-refractivity contribution < 1.29 is 4.79 Å². The van der Waals surface area contributed by atoms with Gasteiger partial charge in [-0.15, -0.1) is 10.2 Å². The number of carbonyl (C=O) groups is 1. The van der Waals surface area contributed by atoms with Gasteiger partial charge in [-0.3, -0.25) is 10.1 Å². The molecule has 2 heterocycles. The van der Waals surface area contributed by atoms with E-state index < -0.39 is 0 Å². The molecule has 1 amide bonds. The number of amides is 1. The van der Waals surface area contributed by atoms with E-state index in [1.54, 1.807) is 6.20 Å². The summed E-state index contributed by atoms with van der Waals surface area (Å²) in [6.07, 6.45) is 1.57. The summed E-state index contributed by atoms with van der Waals surface area (Å²) < 4.78 is 1.47. The minimum absolute atomic E-state index is 0.0698. The van der Waals surface area contributed by atoms with Gasteiger partial charge >= 0.3 is 0 Å². The highest BCUT2D eigenvalue weighted by atomic mass is 16.2. The number of nitrogens with zero attached hydrogens (tertiary/aromatic N) is 6. The van der Waals surface area contributed by atoms with Crippen LogP contribution in [-0.4, -0.2) is 41.5 Å². The van der Waals surface area contributed by atoms with Crippen molar-refractivity contribution in [1.82, 2.24) is 35.6 Å². The minimum Gasteiger partial charge on any atom is -0.290 e. The second-order valence-electron chi connectivity index (χ2n) is 2.82. The van der Waals surface area contributed by atoms with E-state index in [2.05, 4.69) is 36.3 Å². The quantitative estimate of drug-likeness (QED) is 0.650. The number of aryl methyl sites for hydroxylation is 1. The molecule has 9 nitrogen and oxygen atoms in total. The van der Waals surface area contributed by atoms with Gasteiger partial charge in [0.05, 0.1) is 11.9 Å². The van der Waals surface area contributed by atoms with Crippen molar-refractivity contribution in [2.45, 2.75) is 13.5 Å². The summed E-state index contributed by atoms with van der Waals surface area (Å²) in [6.45, 7) is 1.88. The average Bonchev–Trinajstić information content (AvgIpc) is 2.79. The number of rotatable bonds is 3. The Bertz CT molecular complexity index is 445. The smallest absolute Gasteiger partial charge is 0.269 e. The van der Waals surface area contributed by atoms with Gasteiger partial charge in [0.25, 0.3) is 5.95 Å². The number of H-pyrrole nitrogens is 1. The van der Waals surface area contributed by atoms with Crippen LogP contribution >= 0.6 is 0 Å². The zero-order valence-electron chi connectivity index (χ0n) is 7.88. The Balaban J connectivity index is 1.96. The van der Waals surface area contributed by atoms with Crippen molar-refractivity contribution in [3.05, 3.63) is 11.9 Å². The summed E-state index contributed by atoms with van der Waals surface area (Å²) in [6, 6.07) is 0. The van der Waals surface area contributed by atoms with Crippen molar-refractivity contribution in [1.29, 1.82) is 0 Å². The topological polar surface area (TPSA) is 114 Å². The number of anilines is 1. The highest BCUT2D eigenvalue weighted by molar-refractivity contribution is 5.88. The molecule has 2 rings (SSSR count). The number of carbonyl (C=O) groups excluding carboxylic acids is 1. The van der Waals surface area contributed by atoms with E-state index in [0.717, 1.165) is 5.69 Å². The maximum atomic E-state index is 11.4. The summed E-state index contributed by atoms with van der Waals surface area (Å²) in [7, 11) is 0. The van der Waals surface area contributed by atoms with Crippen LogP contribution < -0.4 is 5.32 Å². The van der Waals surface area contributed by atoms with Crippen LogP contribution in [0.4, 0.5) is 5.95 Å². The maximum absolute atomic E-state index is 11.4. The fourth-order valence-corrected chi connectivity index (χ4v) is 0.980. The third-order valence-corrected chi connectivity index (χ3v) is 1.70. The van der Waals surface area contributed by atoms with E-state index in [4.69, 9.17) is 0 Å². The van der Waals surface area contributed by atoms with Crippen LogP contribution in [0.3, 0.4) is 0 Å². The van der Waals surface area contributed by atoms with Gasteiger partial charge in [-0.2, -0.15) is 5.21 Å². The molecule has 0 atom stereocenters. The van der Waals surface area contributed by atoms with Gasteiger partial charge < -0.3 is 0 Å². The van der Waals surface area contributed by atoms with Gasteiger partial charge in [-0.1, -0.05) is 10.3 Å². The molecule has 15 heavy (non-hydrogen) atoms. The van der Waals surface area contributed by atoms with Gasteiger partial charge in [0.2, 0.25) is 5.91 Å². The first-order chi connectivity index (χ1) is 7.25. The molecular weight excluding hydrogens is 200 g/mol. The zero-order valence-corrected chi connectivity index (χ0v) is 7.88. The van der Waals surface area contributed by atoms with Crippen molar-refractivity contribution >= 4 is 11.9 Å². The summed E-state index contributed by atoms with van der Waals surface area (Å²) in [5.74, 6) is -0.150. The number of aromatic amines is 1. The Kier molecular flexibility index (Phi) is 2.35. The van der Waals surface area contributed by atoms with Crippen molar-refractivity contribution in [3.63, 3.8) is 0 Å². The van der Waals surface area contributed by atoms with Gasteiger partial charge in [-0.25, -0.2) is 4.68 Å². The molecular formula is C6H8N8O. The summed E-state index contributed by atoms with van der Waals surface area (Å²) >= 11 is 0. The van der Waals surface area contributed by atoms with E-state index in [1.165, 1.54) is 4.68 Å². The fraction of sp³-hybridized carbons (Fsp3) is 0.333. The molecule has 0 aliphatic rings. The molecule has 9 heteroatoms. The molecule has 0 fully saturated rings. The Labute approximate surface area is 83.9 Å². The lowest BCUT2D eigenvalue weighted by molar-refractivity contribution is -0.117. The SMILES string of the molecule is Cc1cnnn1CC(=O)Nc1nn[nH]n1. The third kappa shape index (κ3) is 2.13. The van der Waals surface area contributed by atoms with E-state index in [9.17, 15) is 4.79 Å². The van der Waals surface area contributed by atoms with Crippen LogP contribution in [0.1, 0.15) is 5.69 Å². The molecule has 0 aromatic carbocycles. The molecule has 0 aliphatic heterocycles. The second kappa shape index (κ2) is 3.82. The minimum atomic E-state index is -0.287. The van der Waals surface area contributed by atoms with E-state index >= 15 is 0 Å². The largest absolute Gasteiger partial charge is 0.290 e. The molecule has 0 bridgehead atoms. The molecule has 0 aliphatic carbocycles. The molecule has 78 valence electrons. The molecule has 2 N–H and O–H groups in total. The summed E-state index contributed by atoms with van der Waals surface area (Å²) in [5, 5.41) is 22.5. The number of hydrogen-bond acceptors (Lipinski definition) is 6. The van der Waals surface area contributed by atoms with Gasteiger partial charge in [0.1, 0.15) is 6.54 Å². The van der Waals surface area contributed by atoms with Crippen LogP contribution in [0, 0.1) is 6.92 Å².